The molecule has 0 aromatic heterocycles. The Morgan fingerprint density at radius 1 is 1.12 bits per heavy atom. The van der Waals surface area contributed by atoms with Gasteiger partial charge in [0, 0.05) is 12.2 Å². The minimum absolute atomic E-state index is 0.00671. The van der Waals surface area contributed by atoms with E-state index in [1.165, 1.54) is 12.1 Å². The molecular weight excluding hydrogens is 319 g/mol. The molecule has 0 aliphatic carbocycles. The molecule has 25 heavy (non-hydrogen) atoms. The molecule has 0 bridgehead atoms. The van der Waals surface area contributed by atoms with Crippen LogP contribution in [0.5, 0.6) is 0 Å². The van der Waals surface area contributed by atoms with Crippen molar-refractivity contribution in [2.24, 2.45) is 0 Å². The predicted octanol–water partition coefficient (Wildman–Crippen LogP) is 2.96. The summed E-state index contributed by atoms with van der Waals surface area (Å²) in [4.78, 5) is 23.9. The van der Waals surface area contributed by atoms with Gasteiger partial charge >= 0.3 is 0 Å². The number of anilines is 1. The topological polar surface area (TPSA) is 58.2 Å². The van der Waals surface area contributed by atoms with Crippen LogP contribution in [0.1, 0.15) is 30.5 Å². The van der Waals surface area contributed by atoms with Crippen molar-refractivity contribution in [1.29, 1.82) is 0 Å². The molecule has 2 aromatic rings. The summed E-state index contributed by atoms with van der Waals surface area (Å²) in [6, 6.07) is 11.8. The summed E-state index contributed by atoms with van der Waals surface area (Å²) in [5.74, 6) is -0.395. The van der Waals surface area contributed by atoms with Crippen molar-refractivity contribution in [3.63, 3.8) is 0 Å². The highest BCUT2D eigenvalue weighted by atomic mass is 19.1. The first kappa shape index (κ1) is 17.1. The van der Waals surface area contributed by atoms with Gasteiger partial charge in [-0.2, -0.15) is 0 Å². The van der Waals surface area contributed by atoms with E-state index in [9.17, 15) is 14.0 Å². The van der Waals surface area contributed by atoms with Crippen LogP contribution in [0.15, 0.2) is 42.5 Å². The fraction of sp³-hybridized carbons (Fsp3) is 0.300. The summed E-state index contributed by atoms with van der Waals surface area (Å²) in [5.41, 5.74) is 3.18. The standard InChI is InChI=1S/C20H21FN2O2/c1-20(2)16-11-14(5-8-17(16)23-19(20)25)9-10-22-18(24)12-13-3-6-15(21)7-4-13/h3-8,11H,9-10,12H2,1-2H3,(H,22,24)(H,23,25). The predicted molar refractivity (Wildman–Crippen MR) is 94.9 cm³/mol. The Morgan fingerprint density at radius 3 is 2.52 bits per heavy atom. The van der Waals surface area contributed by atoms with E-state index in [1.807, 2.05) is 32.0 Å². The SMILES string of the molecule is CC1(C)C(=O)Nc2ccc(CCNC(=O)Cc3ccc(F)cc3)cc21. The third-order valence-electron chi connectivity index (χ3n) is 4.59. The van der Waals surface area contributed by atoms with Crippen molar-refractivity contribution in [3.8, 4) is 0 Å². The van der Waals surface area contributed by atoms with Gasteiger partial charge in [-0.3, -0.25) is 9.59 Å². The highest BCUT2D eigenvalue weighted by Gasteiger charge is 2.38. The van der Waals surface area contributed by atoms with Gasteiger partial charge in [0.1, 0.15) is 5.82 Å². The van der Waals surface area contributed by atoms with Crippen molar-refractivity contribution >= 4 is 17.5 Å². The molecule has 0 fully saturated rings. The molecule has 0 saturated heterocycles. The lowest BCUT2D eigenvalue weighted by Crippen LogP contribution is -2.28. The molecule has 2 aromatic carbocycles. The third kappa shape index (κ3) is 3.71. The number of rotatable bonds is 5. The van der Waals surface area contributed by atoms with Crippen LogP contribution in [0.2, 0.25) is 0 Å². The van der Waals surface area contributed by atoms with E-state index in [1.54, 1.807) is 12.1 Å². The maximum Gasteiger partial charge on any atom is 0.234 e. The van der Waals surface area contributed by atoms with Crippen LogP contribution >= 0.6 is 0 Å². The molecule has 0 spiro atoms. The first-order valence-electron chi connectivity index (χ1n) is 8.32. The number of hydrogen-bond donors (Lipinski definition) is 2. The maximum absolute atomic E-state index is 12.9. The molecule has 1 heterocycles. The lowest BCUT2D eigenvalue weighted by molar-refractivity contribution is -0.120. The lowest BCUT2D eigenvalue weighted by atomic mass is 9.85. The number of fused-ring (bicyclic) bond motifs is 1. The number of hydrogen-bond acceptors (Lipinski definition) is 2. The van der Waals surface area contributed by atoms with Crippen LogP contribution < -0.4 is 10.6 Å². The number of nitrogens with one attached hydrogen (secondary N) is 2. The first-order valence-corrected chi connectivity index (χ1v) is 8.32. The zero-order valence-corrected chi connectivity index (χ0v) is 14.4. The second-order valence-corrected chi connectivity index (χ2v) is 6.86. The first-order chi connectivity index (χ1) is 11.9. The van der Waals surface area contributed by atoms with Crippen molar-refractivity contribution in [1.82, 2.24) is 5.32 Å². The highest BCUT2D eigenvalue weighted by Crippen LogP contribution is 2.37. The summed E-state index contributed by atoms with van der Waals surface area (Å²) in [6.07, 6.45) is 0.919. The Hall–Kier alpha value is -2.69. The average molecular weight is 340 g/mol. The Bertz CT molecular complexity index is 813. The lowest BCUT2D eigenvalue weighted by Gasteiger charge is -2.16. The number of carbonyl (C=O) groups excluding carboxylic acids is 2. The van der Waals surface area contributed by atoms with Gasteiger partial charge in [-0.1, -0.05) is 24.3 Å². The Balaban J connectivity index is 1.54. The van der Waals surface area contributed by atoms with Gasteiger partial charge in [0.15, 0.2) is 0 Å². The number of amides is 2. The van der Waals surface area contributed by atoms with Gasteiger partial charge < -0.3 is 10.6 Å². The van der Waals surface area contributed by atoms with E-state index in [4.69, 9.17) is 0 Å². The largest absolute Gasteiger partial charge is 0.355 e. The molecule has 1 aliphatic heterocycles. The Labute approximate surface area is 146 Å². The molecule has 2 N–H and O–H groups in total. The molecule has 130 valence electrons. The summed E-state index contributed by atoms with van der Waals surface area (Å²) in [6.45, 7) is 4.32. The van der Waals surface area contributed by atoms with Crippen LogP contribution in [0.4, 0.5) is 10.1 Å². The van der Waals surface area contributed by atoms with Gasteiger partial charge in [0.05, 0.1) is 11.8 Å². The minimum Gasteiger partial charge on any atom is -0.355 e. The molecule has 0 atom stereocenters. The van der Waals surface area contributed by atoms with Gasteiger partial charge in [0.2, 0.25) is 11.8 Å². The van der Waals surface area contributed by atoms with Crippen LogP contribution in [0, 0.1) is 5.82 Å². The zero-order chi connectivity index (χ0) is 18.0. The fourth-order valence-electron chi connectivity index (χ4n) is 2.97. The summed E-state index contributed by atoms with van der Waals surface area (Å²) in [7, 11) is 0. The molecular formula is C20H21FN2O2. The molecule has 5 heteroatoms. The van der Waals surface area contributed by atoms with E-state index in [0.29, 0.717) is 13.0 Å². The van der Waals surface area contributed by atoms with E-state index in [-0.39, 0.29) is 24.1 Å². The average Bonchev–Trinajstić information content (AvgIpc) is 2.79. The van der Waals surface area contributed by atoms with Crippen molar-refractivity contribution in [2.45, 2.75) is 32.1 Å². The number of benzene rings is 2. The highest BCUT2D eigenvalue weighted by molar-refractivity contribution is 6.05. The minimum atomic E-state index is -0.531. The smallest absolute Gasteiger partial charge is 0.234 e. The molecule has 4 nitrogen and oxygen atoms in total. The molecule has 3 rings (SSSR count). The zero-order valence-electron chi connectivity index (χ0n) is 14.4. The number of halogens is 1. The van der Waals surface area contributed by atoms with Gasteiger partial charge in [-0.05, 0) is 55.2 Å². The molecule has 2 amide bonds. The molecule has 0 radical (unpaired) electrons. The van der Waals surface area contributed by atoms with E-state index in [0.717, 1.165) is 22.4 Å². The second-order valence-electron chi connectivity index (χ2n) is 6.86. The normalized spacial score (nSPS) is 14.8. The quantitative estimate of drug-likeness (QED) is 0.879. The Morgan fingerprint density at radius 2 is 1.80 bits per heavy atom. The summed E-state index contributed by atoms with van der Waals surface area (Å²) < 4.78 is 12.9. The molecule has 0 saturated carbocycles. The number of carbonyl (C=O) groups is 2. The monoisotopic (exact) mass is 340 g/mol. The summed E-state index contributed by atoms with van der Waals surface area (Å²) >= 11 is 0. The van der Waals surface area contributed by atoms with E-state index < -0.39 is 5.41 Å². The van der Waals surface area contributed by atoms with Crippen LogP contribution in [-0.4, -0.2) is 18.4 Å². The third-order valence-corrected chi connectivity index (χ3v) is 4.59. The van der Waals surface area contributed by atoms with Crippen molar-refractivity contribution in [3.05, 3.63) is 65.0 Å². The van der Waals surface area contributed by atoms with E-state index in [2.05, 4.69) is 10.6 Å². The molecule has 0 unspecified atom stereocenters. The van der Waals surface area contributed by atoms with Gasteiger partial charge in [-0.15, -0.1) is 0 Å². The maximum atomic E-state index is 12.9. The fourth-order valence-corrected chi connectivity index (χ4v) is 2.97. The second kappa shape index (κ2) is 6.67. The summed E-state index contributed by atoms with van der Waals surface area (Å²) in [5, 5.41) is 5.76. The van der Waals surface area contributed by atoms with Crippen LogP contribution in [0.25, 0.3) is 0 Å². The molecule has 1 aliphatic rings. The van der Waals surface area contributed by atoms with Gasteiger partial charge in [0.25, 0.3) is 0 Å². The van der Waals surface area contributed by atoms with E-state index >= 15 is 0 Å². The Kier molecular flexibility index (Phi) is 4.57. The van der Waals surface area contributed by atoms with Crippen LogP contribution in [-0.2, 0) is 27.8 Å². The van der Waals surface area contributed by atoms with Crippen molar-refractivity contribution in [2.75, 3.05) is 11.9 Å². The van der Waals surface area contributed by atoms with Crippen LogP contribution in [0.3, 0.4) is 0 Å². The van der Waals surface area contributed by atoms with Crippen molar-refractivity contribution < 1.29 is 14.0 Å². The van der Waals surface area contributed by atoms with Gasteiger partial charge in [-0.25, -0.2) is 4.39 Å².